The van der Waals surface area contributed by atoms with E-state index >= 15 is 0 Å². The van der Waals surface area contributed by atoms with Crippen molar-refractivity contribution < 1.29 is 36.6 Å². The number of ether oxygens (including phenoxy) is 1. The molecule has 2 heterocycles. The molecule has 12 heteroatoms. The summed E-state index contributed by atoms with van der Waals surface area (Å²) in [5, 5.41) is 9.55. The van der Waals surface area contributed by atoms with E-state index in [1.54, 1.807) is 6.07 Å². The van der Waals surface area contributed by atoms with Gasteiger partial charge in [0.2, 0.25) is 0 Å². The van der Waals surface area contributed by atoms with Gasteiger partial charge in [0.1, 0.15) is 11.6 Å². The van der Waals surface area contributed by atoms with E-state index < -0.39 is 20.2 Å². The van der Waals surface area contributed by atoms with E-state index in [9.17, 15) is 22.8 Å². The summed E-state index contributed by atoms with van der Waals surface area (Å²) in [5.74, 6) is 0.0528. The quantitative estimate of drug-likeness (QED) is 0.217. The number of rotatable bonds is 11. The summed E-state index contributed by atoms with van der Waals surface area (Å²) in [6.07, 6.45) is -0.0960. The summed E-state index contributed by atoms with van der Waals surface area (Å²) < 4.78 is 71.4. The molecule has 0 amide bonds. The maximum atomic E-state index is 13.4. The number of nitrogens with zero attached hydrogens (tertiary/aromatic N) is 3. The standard InChI is InChI=1S/C33H37F3N3O5P/c1-42-45(41,43-2)37-32-20-29(27-12-10-25(23-40)11-13-27)19-31(28-14-8-24(9-15-28)21-38-16-3-4-17-38)39(32)22-26-6-5-7-30(18-26)44-33(34,35)36/h5-15,18-19,31,40H,3-4,16-17,20-23H2,1-2H3/b37-32-. The van der Waals surface area contributed by atoms with Crippen LogP contribution in [0.3, 0.4) is 0 Å². The molecule has 1 N–H and O–H groups in total. The molecule has 1 saturated heterocycles. The van der Waals surface area contributed by atoms with Gasteiger partial charge in [-0.25, -0.2) is 4.57 Å². The molecular weight excluding hydrogens is 606 g/mol. The van der Waals surface area contributed by atoms with Crippen LogP contribution in [0, 0.1) is 0 Å². The van der Waals surface area contributed by atoms with Gasteiger partial charge in [-0.3, -0.25) is 13.9 Å². The third-order valence-corrected chi connectivity index (χ3v) is 9.39. The molecule has 0 spiro atoms. The van der Waals surface area contributed by atoms with E-state index in [2.05, 4.69) is 32.6 Å². The van der Waals surface area contributed by atoms with Crippen LogP contribution in [0.2, 0.25) is 0 Å². The van der Waals surface area contributed by atoms with Crippen LogP contribution in [-0.4, -0.2) is 54.4 Å². The van der Waals surface area contributed by atoms with Crippen LogP contribution in [0.1, 0.15) is 53.1 Å². The van der Waals surface area contributed by atoms with Crippen LogP contribution in [-0.2, 0) is 33.3 Å². The van der Waals surface area contributed by atoms with E-state index in [0.717, 1.165) is 41.9 Å². The van der Waals surface area contributed by atoms with Gasteiger partial charge in [-0.1, -0.05) is 66.7 Å². The molecule has 45 heavy (non-hydrogen) atoms. The molecule has 1 fully saturated rings. The summed E-state index contributed by atoms with van der Waals surface area (Å²) >= 11 is 0. The minimum Gasteiger partial charge on any atom is -0.406 e. The predicted molar refractivity (Wildman–Crippen MR) is 166 cm³/mol. The highest BCUT2D eigenvalue weighted by Gasteiger charge is 2.33. The van der Waals surface area contributed by atoms with Gasteiger partial charge in [0.25, 0.3) is 0 Å². The SMILES string of the molecule is COP(=O)(/N=C1/CC(c2ccc(CO)cc2)=CC(c2ccc(CN3CCCC3)cc2)N1Cc1cccc(OC(F)(F)F)c1)OC. The van der Waals surface area contributed by atoms with Gasteiger partial charge in [0.15, 0.2) is 0 Å². The van der Waals surface area contributed by atoms with Crippen molar-refractivity contribution in [2.75, 3.05) is 27.3 Å². The first-order valence-electron chi connectivity index (χ1n) is 14.7. The number of halogens is 3. The second-order valence-corrected chi connectivity index (χ2v) is 12.9. The van der Waals surface area contributed by atoms with E-state index in [1.165, 1.54) is 50.8 Å². The van der Waals surface area contributed by atoms with Crippen LogP contribution in [0.4, 0.5) is 13.2 Å². The van der Waals surface area contributed by atoms with Crippen molar-refractivity contribution in [2.45, 2.75) is 51.4 Å². The maximum absolute atomic E-state index is 13.4. The van der Waals surface area contributed by atoms with Gasteiger partial charge in [0.05, 0.1) is 12.6 Å². The molecule has 2 aliphatic rings. The lowest BCUT2D eigenvalue weighted by Gasteiger charge is -2.38. The Morgan fingerprint density at radius 1 is 0.911 bits per heavy atom. The van der Waals surface area contributed by atoms with Crippen molar-refractivity contribution in [3.8, 4) is 5.75 Å². The molecule has 240 valence electrons. The molecule has 0 radical (unpaired) electrons. The molecule has 0 bridgehead atoms. The Hall–Kier alpha value is -3.47. The molecule has 1 atom stereocenters. The van der Waals surface area contributed by atoms with Gasteiger partial charge in [-0.2, -0.15) is 4.76 Å². The lowest BCUT2D eigenvalue weighted by molar-refractivity contribution is -0.274. The fraction of sp³-hybridized carbons (Fsp3) is 0.364. The zero-order valence-electron chi connectivity index (χ0n) is 25.2. The number of alkyl halides is 3. The summed E-state index contributed by atoms with van der Waals surface area (Å²) in [4.78, 5) is 4.32. The Balaban J connectivity index is 1.58. The van der Waals surface area contributed by atoms with Crippen LogP contribution < -0.4 is 4.74 Å². The lowest BCUT2D eigenvalue weighted by atomic mass is 9.90. The van der Waals surface area contributed by atoms with Crippen molar-refractivity contribution in [3.63, 3.8) is 0 Å². The van der Waals surface area contributed by atoms with Crippen molar-refractivity contribution in [1.29, 1.82) is 0 Å². The summed E-state index contributed by atoms with van der Waals surface area (Å²) in [5.41, 5.74) is 5.19. The summed E-state index contributed by atoms with van der Waals surface area (Å²) in [6.45, 7) is 3.06. The monoisotopic (exact) mass is 643 g/mol. The summed E-state index contributed by atoms with van der Waals surface area (Å²) in [6, 6.07) is 21.1. The lowest BCUT2D eigenvalue weighted by Crippen LogP contribution is -2.37. The number of likely N-dealkylation sites (tertiary alicyclic amines) is 1. The van der Waals surface area contributed by atoms with Crippen molar-refractivity contribution in [1.82, 2.24) is 9.80 Å². The third kappa shape index (κ3) is 8.62. The smallest absolute Gasteiger partial charge is 0.406 e. The van der Waals surface area contributed by atoms with Crippen molar-refractivity contribution in [2.24, 2.45) is 4.76 Å². The maximum Gasteiger partial charge on any atom is 0.573 e. The highest BCUT2D eigenvalue weighted by molar-refractivity contribution is 7.52. The minimum atomic E-state index is -4.83. The van der Waals surface area contributed by atoms with Crippen molar-refractivity contribution in [3.05, 3.63) is 107 Å². The van der Waals surface area contributed by atoms with E-state index in [1.807, 2.05) is 41.3 Å². The minimum absolute atomic E-state index is 0.0891. The molecule has 3 aromatic carbocycles. The highest BCUT2D eigenvalue weighted by atomic mass is 31.2. The molecule has 2 aliphatic heterocycles. The zero-order valence-corrected chi connectivity index (χ0v) is 26.1. The van der Waals surface area contributed by atoms with Crippen LogP contribution in [0.25, 0.3) is 5.57 Å². The molecule has 5 rings (SSSR count). The van der Waals surface area contributed by atoms with E-state index in [-0.39, 0.29) is 25.3 Å². The Kier molecular flexibility index (Phi) is 10.5. The second kappa shape index (κ2) is 14.3. The molecule has 0 aliphatic carbocycles. The van der Waals surface area contributed by atoms with Crippen LogP contribution in [0.5, 0.6) is 5.75 Å². The van der Waals surface area contributed by atoms with E-state index in [4.69, 9.17) is 9.05 Å². The number of aliphatic hydroxyl groups excluding tert-OH is 1. The number of aliphatic hydroxyl groups is 1. The first kappa shape index (κ1) is 32.9. The highest BCUT2D eigenvalue weighted by Crippen LogP contribution is 2.50. The summed E-state index contributed by atoms with van der Waals surface area (Å²) in [7, 11) is -1.40. The average molecular weight is 644 g/mol. The zero-order chi connectivity index (χ0) is 32.0. The number of hydrogen-bond acceptors (Lipinski definition) is 6. The molecule has 8 nitrogen and oxygen atoms in total. The fourth-order valence-electron chi connectivity index (χ4n) is 5.71. The molecule has 3 aromatic rings. The van der Waals surface area contributed by atoms with E-state index in [0.29, 0.717) is 11.4 Å². The Morgan fingerprint density at radius 3 is 2.20 bits per heavy atom. The van der Waals surface area contributed by atoms with Crippen LogP contribution >= 0.6 is 7.75 Å². The normalized spacial score (nSPS) is 18.8. The van der Waals surface area contributed by atoms with Crippen LogP contribution in [0.15, 0.2) is 83.6 Å². The number of hydrogen-bond donors (Lipinski definition) is 1. The first-order chi connectivity index (χ1) is 21.6. The largest absolute Gasteiger partial charge is 0.573 e. The topological polar surface area (TPSA) is 83.8 Å². The number of benzene rings is 3. The number of amidine groups is 1. The second-order valence-electron chi connectivity index (χ2n) is 11.1. The van der Waals surface area contributed by atoms with Gasteiger partial charge >= 0.3 is 14.1 Å². The fourth-order valence-corrected chi connectivity index (χ4v) is 6.49. The molecule has 0 aromatic heterocycles. The third-order valence-electron chi connectivity index (χ3n) is 7.99. The molecule has 1 unspecified atom stereocenters. The molecular formula is C33H37F3N3O5P. The predicted octanol–water partition coefficient (Wildman–Crippen LogP) is 7.50. The first-order valence-corrected chi connectivity index (χ1v) is 16.2. The van der Waals surface area contributed by atoms with Gasteiger partial charge in [0, 0.05) is 33.7 Å². The van der Waals surface area contributed by atoms with Gasteiger partial charge in [-0.15, -0.1) is 13.2 Å². The van der Waals surface area contributed by atoms with Gasteiger partial charge < -0.3 is 14.7 Å². The van der Waals surface area contributed by atoms with Crippen molar-refractivity contribution >= 4 is 19.2 Å². The Labute approximate surface area is 261 Å². The Bertz CT molecular complexity index is 1550. The average Bonchev–Trinajstić information content (AvgIpc) is 3.54. The Morgan fingerprint density at radius 2 is 1.58 bits per heavy atom. The van der Waals surface area contributed by atoms with Gasteiger partial charge in [-0.05, 0) is 71.5 Å². The molecule has 0 saturated carbocycles.